The molecule has 132 valence electrons. The van der Waals surface area contributed by atoms with Gasteiger partial charge in [-0.05, 0) is 31.0 Å². The van der Waals surface area contributed by atoms with Gasteiger partial charge in [-0.25, -0.2) is 0 Å². The molecule has 1 aliphatic rings. The molecule has 0 aromatic heterocycles. The number of nitrogens with zero attached hydrogens (tertiary/aromatic N) is 2. The van der Waals surface area contributed by atoms with Crippen molar-refractivity contribution in [1.29, 1.82) is 0 Å². The number of hydrogen-bond acceptors (Lipinski definition) is 3. The van der Waals surface area contributed by atoms with E-state index in [9.17, 15) is 9.90 Å². The largest absolute Gasteiger partial charge is 0.394 e. The molecule has 0 radical (unpaired) electrons. The second kappa shape index (κ2) is 8.28. The molecule has 1 fully saturated rings. The van der Waals surface area contributed by atoms with E-state index in [-0.39, 0.29) is 24.6 Å². The number of carbonyl (C=O) groups is 1. The van der Waals surface area contributed by atoms with Gasteiger partial charge in [0.1, 0.15) is 6.04 Å². The van der Waals surface area contributed by atoms with Gasteiger partial charge < -0.3 is 10.0 Å². The Morgan fingerprint density at radius 2 is 1.80 bits per heavy atom. The van der Waals surface area contributed by atoms with Gasteiger partial charge in [0.25, 0.3) is 0 Å². The maximum absolute atomic E-state index is 13.3. The molecule has 0 bridgehead atoms. The highest BCUT2D eigenvalue weighted by Gasteiger charge is 2.35. The Hall–Kier alpha value is -2.17. The lowest BCUT2D eigenvalue weighted by Gasteiger charge is -2.33. The number of likely N-dealkylation sites (tertiary alicyclic amines) is 1. The first-order valence-electron chi connectivity index (χ1n) is 8.91. The minimum absolute atomic E-state index is 0.0374. The van der Waals surface area contributed by atoms with Crippen LogP contribution in [-0.2, 0) is 11.3 Å². The van der Waals surface area contributed by atoms with Gasteiger partial charge in [-0.2, -0.15) is 0 Å². The number of amides is 1. The van der Waals surface area contributed by atoms with Crippen molar-refractivity contribution in [3.05, 3.63) is 71.8 Å². The lowest BCUT2D eigenvalue weighted by Crippen LogP contribution is -2.45. The Bertz CT molecular complexity index is 675. The van der Waals surface area contributed by atoms with E-state index in [2.05, 4.69) is 17.0 Å². The van der Waals surface area contributed by atoms with Crippen molar-refractivity contribution in [2.45, 2.75) is 31.5 Å². The first-order valence-corrected chi connectivity index (χ1v) is 8.91. The van der Waals surface area contributed by atoms with Crippen LogP contribution in [0.25, 0.3) is 0 Å². The molecule has 3 rings (SSSR count). The smallest absolute Gasteiger partial charge is 0.244 e. The van der Waals surface area contributed by atoms with Crippen LogP contribution < -0.4 is 0 Å². The van der Waals surface area contributed by atoms with Crippen molar-refractivity contribution in [2.24, 2.45) is 0 Å². The van der Waals surface area contributed by atoms with Crippen LogP contribution in [0.1, 0.15) is 30.0 Å². The highest BCUT2D eigenvalue weighted by Crippen LogP contribution is 2.28. The van der Waals surface area contributed by atoms with Crippen LogP contribution >= 0.6 is 0 Å². The Morgan fingerprint density at radius 3 is 2.44 bits per heavy atom. The van der Waals surface area contributed by atoms with E-state index in [1.54, 1.807) is 0 Å². The number of likely N-dealkylation sites (N-methyl/N-ethyl adjacent to an activating group) is 1. The van der Waals surface area contributed by atoms with Crippen LogP contribution in [0.4, 0.5) is 0 Å². The number of rotatable bonds is 6. The summed E-state index contributed by atoms with van der Waals surface area (Å²) in [6, 6.07) is 19.7. The summed E-state index contributed by atoms with van der Waals surface area (Å²) >= 11 is 0. The summed E-state index contributed by atoms with van der Waals surface area (Å²) in [6.07, 6.45) is 1.84. The number of carbonyl (C=O) groups excluding carboxylic acids is 1. The third kappa shape index (κ3) is 4.09. The maximum atomic E-state index is 13.3. The van der Waals surface area contributed by atoms with Crippen molar-refractivity contribution in [3.8, 4) is 0 Å². The van der Waals surface area contributed by atoms with Crippen LogP contribution in [0, 0.1) is 0 Å². The summed E-state index contributed by atoms with van der Waals surface area (Å²) in [4.78, 5) is 17.3. The van der Waals surface area contributed by atoms with E-state index in [1.165, 1.54) is 5.56 Å². The van der Waals surface area contributed by atoms with Gasteiger partial charge in [-0.15, -0.1) is 0 Å². The molecule has 2 aromatic carbocycles. The Labute approximate surface area is 149 Å². The monoisotopic (exact) mass is 338 g/mol. The van der Waals surface area contributed by atoms with Gasteiger partial charge in [0, 0.05) is 13.1 Å². The van der Waals surface area contributed by atoms with Crippen molar-refractivity contribution < 1.29 is 9.90 Å². The van der Waals surface area contributed by atoms with E-state index in [0.29, 0.717) is 6.54 Å². The molecule has 1 heterocycles. The summed E-state index contributed by atoms with van der Waals surface area (Å²) in [5.74, 6) is 0.0844. The highest BCUT2D eigenvalue weighted by molar-refractivity contribution is 5.84. The minimum Gasteiger partial charge on any atom is -0.394 e. The fourth-order valence-electron chi connectivity index (χ4n) is 3.66. The zero-order chi connectivity index (χ0) is 17.6. The van der Waals surface area contributed by atoms with Gasteiger partial charge in [0.15, 0.2) is 0 Å². The molecule has 4 heteroatoms. The van der Waals surface area contributed by atoms with E-state index >= 15 is 0 Å². The molecule has 0 saturated carbocycles. The second-order valence-electron chi connectivity index (χ2n) is 6.72. The molecular formula is C21H26N2O2. The van der Waals surface area contributed by atoms with Crippen molar-refractivity contribution in [3.63, 3.8) is 0 Å². The number of aliphatic hydroxyl groups excluding tert-OH is 1. The number of hydrogen-bond donors (Lipinski definition) is 1. The SMILES string of the molecule is CN(Cc1ccccc1)[C@@H](C(=O)N1CCC[C@H]1CO)c1ccccc1. The molecule has 2 aromatic rings. The van der Waals surface area contributed by atoms with Crippen LogP contribution in [0.5, 0.6) is 0 Å². The van der Waals surface area contributed by atoms with Gasteiger partial charge in [-0.3, -0.25) is 9.69 Å². The Morgan fingerprint density at radius 1 is 1.16 bits per heavy atom. The van der Waals surface area contributed by atoms with E-state index in [0.717, 1.165) is 24.9 Å². The fraction of sp³-hybridized carbons (Fsp3) is 0.381. The molecule has 0 aliphatic carbocycles. The lowest BCUT2D eigenvalue weighted by molar-refractivity contribution is -0.138. The summed E-state index contributed by atoms with van der Waals surface area (Å²) in [6.45, 7) is 1.46. The molecule has 4 nitrogen and oxygen atoms in total. The first kappa shape index (κ1) is 17.6. The minimum atomic E-state index is -0.339. The van der Waals surface area contributed by atoms with Gasteiger partial charge >= 0.3 is 0 Å². The lowest BCUT2D eigenvalue weighted by atomic mass is 10.0. The predicted octanol–water partition coefficient (Wildman–Crippen LogP) is 2.84. The van der Waals surface area contributed by atoms with Crippen molar-refractivity contribution in [1.82, 2.24) is 9.80 Å². The van der Waals surface area contributed by atoms with Gasteiger partial charge in [0.05, 0.1) is 12.6 Å². The molecule has 1 amide bonds. The fourth-order valence-corrected chi connectivity index (χ4v) is 3.66. The summed E-state index contributed by atoms with van der Waals surface area (Å²) in [5, 5.41) is 9.60. The van der Waals surface area contributed by atoms with Gasteiger partial charge in [-0.1, -0.05) is 60.7 Å². The number of aliphatic hydroxyl groups is 1. The average Bonchev–Trinajstić information content (AvgIpc) is 3.12. The molecule has 2 atom stereocenters. The van der Waals surface area contributed by atoms with E-state index in [1.807, 2.05) is 60.5 Å². The van der Waals surface area contributed by atoms with Crippen LogP contribution in [0.2, 0.25) is 0 Å². The van der Waals surface area contributed by atoms with E-state index < -0.39 is 0 Å². The molecule has 25 heavy (non-hydrogen) atoms. The third-order valence-electron chi connectivity index (χ3n) is 4.94. The van der Waals surface area contributed by atoms with Crippen LogP contribution in [-0.4, -0.2) is 47.1 Å². The summed E-state index contributed by atoms with van der Waals surface area (Å²) in [7, 11) is 1.99. The molecule has 1 aliphatic heterocycles. The highest BCUT2D eigenvalue weighted by atomic mass is 16.3. The maximum Gasteiger partial charge on any atom is 0.244 e. The zero-order valence-corrected chi connectivity index (χ0v) is 14.7. The second-order valence-corrected chi connectivity index (χ2v) is 6.72. The molecule has 0 unspecified atom stereocenters. The van der Waals surface area contributed by atoms with Crippen molar-refractivity contribution in [2.75, 3.05) is 20.2 Å². The standard InChI is InChI=1S/C21H26N2O2/c1-22(15-17-9-4-2-5-10-17)20(18-11-6-3-7-12-18)21(25)23-14-8-13-19(23)16-24/h2-7,9-12,19-20,24H,8,13-16H2,1H3/t19-,20+/m0/s1. The predicted molar refractivity (Wildman–Crippen MR) is 98.9 cm³/mol. The Kier molecular flexibility index (Phi) is 5.84. The molecular weight excluding hydrogens is 312 g/mol. The molecule has 1 N–H and O–H groups in total. The van der Waals surface area contributed by atoms with Gasteiger partial charge in [0.2, 0.25) is 5.91 Å². The summed E-state index contributed by atoms with van der Waals surface area (Å²) in [5.41, 5.74) is 2.17. The first-order chi connectivity index (χ1) is 12.2. The van der Waals surface area contributed by atoms with E-state index in [4.69, 9.17) is 0 Å². The third-order valence-corrected chi connectivity index (χ3v) is 4.94. The quantitative estimate of drug-likeness (QED) is 0.881. The van der Waals surface area contributed by atoms with Crippen LogP contribution in [0.15, 0.2) is 60.7 Å². The molecule has 0 spiro atoms. The zero-order valence-electron chi connectivity index (χ0n) is 14.7. The molecule has 1 saturated heterocycles. The number of benzene rings is 2. The van der Waals surface area contributed by atoms with Crippen LogP contribution in [0.3, 0.4) is 0 Å². The summed E-state index contributed by atoms with van der Waals surface area (Å²) < 4.78 is 0. The normalized spacial score (nSPS) is 18.5. The topological polar surface area (TPSA) is 43.8 Å². The average molecular weight is 338 g/mol. The Balaban J connectivity index is 1.86. The van der Waals surface area contributed by atoms with Crippen molar-refractivity contribution >= 4 is 5.91 Å².